The van der Waals surface area contributed by atoms with Crippen LogP contribution in [0.5, 0.6) is 0 Å². The third-order valence-electron chi connectivity index (χ3n) is 9.18. The third-order valence-corrected chi connectivity index (χ3v) is 10.3. The molecule has 1 N–H and O–H groups in total. The molecule has 0 unspecified atom stereocenters. The molecule has 0 saturated heterocycles. The molecule has 0 fully saturated rings. The van der Waals surface area contributed by atoms with Gasteiger partial charge in [-0.05, 0) is 60.7 Å². The van der Waals surface area contributed by atoms with Crippen LogP contribution in [0.15, 0.2) is 72.8 Å². The average Bonchev–Trinajstić information content (AvgIpc) is 3.30. The molecule has 0 spiro atoms. The second-order valence-corrected chi connectivity index (χ2v) is 20.1. The lowest BCUT2D eigenvalue weighted by atomic mass is 10.1. The first-order valence-electron chi connectivity index (χ1n) is 21.1. The summed E-state index contributed by atoms with van der Waals surface area (Å²) in [6, 6.07) is 11.8. The number of benzene rings is 4. The van der Waals surface area contributed by atoms with Crippen molar-refractivity contribution in [3.8, 4) is 0 Å². The standard InChI is InChI=1S/C12H15F3NO2.2C11H12F3NO2.C9H6F4O2.2CHF3O3S/c1-16(2,3)10-6-5-8(11(17)18-4)7-9(10)12(13,14)15;1-15(2)9-5-4-7(10(16)17-3)6-8(9)11(12,13)14;1-15(2,3)9-5-4-7(10(16)17)6-8(9)11(12,13)14;1-15-8(14)5-2-3-7(10)6(4-5)9(11,12)13;2*2-1(3,4)8(5,6)7/h5-7H,1-4H3;2*4-6H,1-3H3;2-4H,1H3;2*(H,5,6,7)/q+1;;;;;/p-1. The van der Waals surface area contributed by atoms with Gasteiger partial charge in [-0.15, -0.1) is 0 Å². The molecule has 38 heteroatoms. The molecule has 0 aromatic heterocycles. The molecule has 470 valence electrons. The van der Waals surface area contributed by atoms with E-state index >= 15 is 0 Å². The Labute approximate surface area is 458 Å². The molecule has 0 bridgehead atoms. The van der Waals surface area contributed by atoms with Gasteiger partial charge in [-0.2, -0.15) is 79.0 Å². The Morgan fingerprint density at radius 3 is 0.928 bits per heavy atom. The minimum atomic E-state index is -6.09. The largest absolute Gasteiger partial charge is 0.741 e. The van der Waals surface area contributed by atoms with Crippen molar-refractivity contribution in [3.05, 3.63) is 123 Å². The van der Waals surface area contributed by atoms with Crippen LogP contribution in [0.25, 0.3) is 0 Å². The van der Waals surface area contributed by atoms with E-state index in [4.69, 9.17) is 31.0 Å². The number of nitrogens with zero attached hydrogens (tertiary/aromatic N) is 3. The topological polar surface area (TPSA) is 234 Å². The summed E-state index contributed by atoms with van der Waals surface area (Å²) >= 11 is 0. The highest BCUT2D eigenvalue weighted by Crippen LogP contribution is 2.40. The van der Waals surface area contributed by atoms with Crippen molar-refractivity contribution < 1.29 is 148 Å². The van der Waals surface area contributed by atoms with E-state index in [9.17, 15) is 103 Å². The number of ether oxygens (including phenoxy) is 3. The van der Waals surface area contributed by atoms with Crippen molar-refractivity contribution in [2.75, 3.05) is 82.6 Å². The fourth-order valence-electron chi connectivity index (χ4n) is 5.46. The van der Waals surface area contributed by atoms with Gasteiger partial charge in [-0.3, -0.25) is 8.97 Å². The van der Waals surface area contributed by atoms with Crippen molar-refractivity contribution in [1.29, 1.82) is 0 Å². The number of quaternary nitrogens is 2. The van der Waals surface area contributed by atoms with Crippen LogP contribution in [0.1, 0.15) is 63.7 Å². The van der Waals surface area contributed by atoms with E-state index in [0.717, 1.165) is 39.5 Å². The number of esters is 3. The predicted molar refractivity (Wildman–Crippen MR) is 252 cm³/mol. The quantitative estimate of drug-likeness (QED) is 0.0453. The van der Waals surface area contributed by atoms with E-state index in [1.54, 1.807) is 42.3 Å². The zero-order valence-corrected chi connectivity index (χ0v) is 45.7. The maximum atomic E-state index is 13.0. The van der Waals surface area contributed by atoms with Gasteiger partial charge in [0, 0.05) is 31.9 Å². The van der Waals surface area contributed by atoms with Crippen LogP contribution in [0.3, 0.4) is 0 Å². The number of halogens is 19. The van der Waals surface area contributed by atoms with E-state index in [1.165, 1.54) is 55.4 Å². The van der Waals surface area contributed by atoms with Gasteiger partial charge < -0.3 is 33.3 Å². The van der Waals surface area contributed by atoms with E-state index < -0.39 is 108 Å². The molecule has 0 aliphatic rings. The van der Waals surface area contributed by atoms with Crippen molar-refractivity contribution in [2.45, 2.75) is 35.7 Å². The molecule has 0 atom stereocenters. The number of carbonyl (C=O) groups is 4. The Morgan fingerprint density at radius 1 is 0.446 bits per heavy atom. The fraction of sp³-hybridized carbons (Fsp3) is 0.378. The van der Waals surface area contributed by atoms with Gasteiger partial charge >= 0.3 is 59.6 Å². The molecular formula is C45H46F19N3O14S2. The summed E-state index contributed by atoms with van der Waals surface area (Å²) in [7, 11) is 3.75. The number of anilines is 1. The van der Waals surface area contributed by atoms with E-state index in [2.05, 4.69) is 14.2 Å². The van der Waals surface area contributed by atoms with Gasteiger partial charge in [-0.25, -0.2) is 40.4 Å². The lowest BCUT2D eigenvalue weighted by Crippen LogP contribution is -2.37. The van der Waals surface area contributed by atoms with Crippen LogP contribution in [-0.4, -0.2) is 144 Å². The second kappa shape index (κ2) is 29.0. The van der Waals surface area contributed by atoms with E-state index in [-0.39, 0.29) is 48.3 Å². The molecule has 4 aromatic carbocycles. The highest BCUT2D eigenvalue weighted by molar-refractivity contribution is 7.86. The van der Waals surface area contributed by atoms with Gasteiger partial charge in [-0.1, -0.05) is 0 Å². The minimum absolute atomic E-state index is 0.00477. The molecule has 0 heterocycles. The van der Waals surface area contributed by atoms with Crippen molar-refractivity contribution in [3.63, 3.8) is 0 Å². The first-order chi connectivity index (χ1) is 36.7. The summed E-state index contributed by atoms with van der Waals surface area (Å²) in [5.41, 5.74) is -16.2. The van der Waals surface area contributed by atoms with Gasteiger partial charge in [0.25, 0.3) is 0 Å². The molecule has 4 aromatic rings. The molecule has 17 nitrogen and oxygen atoms in total. The molecule has 0 aliphatic carbocycles. The first kappa shape index (κ1) is 78.0. The lowest BCUT2D eigenvalue weighted by Gasteiger charge is -2.27. The summed E-state index contributed by atoms with van der Waals surface area (Å²) in [6.07, 6.45) is -18.4. The van der Waals surface area contributed by atoms with Crippen LogP contribution in [0, 0.1) is 5.82 Å². The maximum absolute atomic E-state index is 13.0. The zero-order valence-electron chi connectivity index (χ0n) is 44.0. The Bertz CT molecular complexity index is 3070. The predicted octanol–water partition coefficient (Wildman–Crippen LogP) is 10.6. The van der Waals surface area contributed by atoms with Crippen LogP contribution >= 0.6 is 0 Å². The lowest BCUT2D eigenvalue weighted by molar-refractivity contribution is -0.140. The number of aromatic carboxylic acids is 1. The Balaban J connectivity index is 0. The number of rotatable bonds is 7. The minimum Gasteiger partial charge on any atom is -0.741 e. The van der Waals surface area contributed by atoms with Crippen LogP contribution in [0.2, 0.25) is 0 Å². The summed E-state index contributed by atoms with van der Waals surface area (Å²) in [5, 5.41) is 8.70. The fourth-order valence-corrected chi connectivity index (χ4v) is 5.46. The van der Waals surface area contributed by atoms with Gasteiger partial charge in [0.15, 0.2) is 20.2 Å². The number of carboxylic acids is 1. The Hall–Kier alpha value is -7.03. The van der Waals surface area contributed by atoms with Crippen molar-refractivity contribution >= 4 is 61.2 Å². The number of alkyl halides is 18. The Kier molecular flexibility index (Phi) is 27.2. The second-order valence-electron chi connectivity index (χ2n) is 17.4. The number of hydrogen-bond donors (Lipinski definition) is 1. The number of hydrogen-bond acceptors (Lipinski definition) is 14. The molecule has 0 amide bonds. The SMILES string of the molecule is COC(=O)c1ccc(F)c(C(F)(F)F)c1.COC(=O)c1ccc(N(C)C)c(C(F)(F)F)c1.COC(=O)c1ccc([N+](C)(C)C)c(C(F)(F)F)c1.C[N+](C)(C)c1ccc(C(=O)O)cc1C(F)(F)F.O=S(=O)([O-])C(F)(F)F.O=S(=O)([O-])C(F)(F)F. The molecule has 0 saturated carbocycles. The molecule has 4 rings (SSSR count). The average molecular weight is 1280 g/mol. The number of carboxylic acid groups (broad SMARTS) is 1. The smallest absolute Gasteiger partial charge is 0.485 e. The van der Waals surface area contributed by atoms with E-state index in [1.807, 2.05) is 0 Å². The summed E-state index contributed by atoms with van der Waals surface area (Å²) in [6.45, 7) is 0. The van der Waals surface area contributed by atoms with Crippen LogP contribution in [-0.2, 0) is 59.2 Å². The van der Waals surface area contributed by atoms with Gasteiger partial charge in [0.1, 0.15) is 28.3 Å². The van der Waals surface area contributed by atoms with E-state index in [0.29, 0.717) is 18.2 Å². The molecule has 0 aliphatic heterocycles. The zero-order chi connectivity index (χ0) is 66.4. The van der Waals surface area contributed by atoms with Crippen LogP contribution < -0.4 is 13.9 Å². The monoisotopic (exact) mass is 1280 g/mol. The normalized spacial score (nSPS) is 12.3. The van der Waals surface area contributed by atoms with Gasteiger partial charge in [0.05, 0.1) is 97.0 Å². The highest BCUT2D eigenvalue weighted by Gasteiger charge is 2.41. The van der Waals surface area contributed by atoms with Crippen molar-refractivity contribution in [1.82, 2.24) is 8.97 Å². The highest BCUT2D eigenvalue weighted by atomic mass is 32.2. The summed E-state index contributed by atoms with van der Waals surface area (Å²) in [4.78, 5) is 45.3. The number of methoxy groups -OCH3 is 3. The third kappa shape index (κ3) is 25.6. The van der Waals surface area contributed by atoms with Crippen LogP contribution in [0.4, 0.5) is 100 Å². The molecular weight excluding hydrogens is 1230 g/mol. The first-order valence-corrected chi connectivity index (χ1v) is 23.9. The van der Waals surface area contributed by atoms with Gasteiger partial charge in [0.2, 0.25) is 0 Å². The summed E-state index contributed by atoms with van der Waals surface area (Å²) in [5.74, 6) is -5.31. The Morgan fingerprint density at radius 2 is 0.687 bits per heavy atom. The maximum Gasteiger partial charge on any atom is 0.485 e. The number of carbonyl (C=O) groups excluding carboxylic acids is 3. The molecule has 83 heavy (non-hydrogen) atoms. The molecule has 0 radical (unpaired) electrons. The van der Waals surface area contributed by atoms with Crippen molar-refractivity contribution in [2.24, 2.45) is 0 Å². The summed E-state index contributed by atoms with van der Waals surface area (Å²) < 4.78 is 296.